The summed E-state index contributed by atoms with van der Waals surface area (Å²) in [7, 11) is -2.47. The van der Waals surface area contributed by atoms with Crippen LogP contribution >= 0.6 is 0 Å². The molecular formula is C8H7NO2S. The van der Waals surface area contributed by atoms with Crippen LogP contribution in [0, 0.1) is 0 Å². The van der Waals surface area contributed by atoms with Crippen LogP contribution in [0.2, 0.25) is 0 Å². The summed E-state index contributed by atoms with van der Waals surface area (Å²) < 4.78 is 21.2. The number of aromatic amines is 1. The maximum absolute atomic E-state index is 10.6. The Hall–Kier alpha value is -1.29. The summed E-state index contributed by atoms with van der Waals surface area (Å²) in [6, 6.07) is 6.91. The van der Waals surface area contributed by atoms with E-state index < -0.39 is 10.7 Å². The topological polar surface area (TPSA) is 49.9 Å². The molecule has 62 valence electrons. The van der Waals surface area contributed by atoms with Gasteiger partial charge in [-0.3, -0.25) is 0 Å². The van der Waals surface area contributed by atoms with Crippen LogP contribution in [-0.2, 0) is 10.7 Å². The third kappa shape index (κ3) is 1.10. The Morgan fingerprint density at radius 1 is 1.17 bits per heavy atom. The average molecular weight is 181 g/mol. The molecular weight excluding hydrogens is 174 g/mol. The van der Waals surface area contributed by atoms with Gasteiger partial charge >= 0.3 is 0 Å². The van der Waals surface area contributed by atoms with Gasteiger partial charge in [0.2, 0.25) is 0 Å². The zero-order valence-corrected chi connectivity index (χ0v) is 7.04. The van der Waals surface area contributed by atoms with Gasteiger partial charge < -0.3 is 4.98 Å². The zero-order valence-electron chi connectivity index (χ0n) is 6.15. The monoisotopic (exact) mass is 181 g/mol. The lowest BCUT2D eigenvalue weighted by Gasteiger charge is -1.90. The Morgan fingerprint density at radius 3 is 2.75 bits per heavy atom. The Balaban J connectivity index is 2.76. The van der Waals surface area contributed by atoms with Gasteiger partial charge in [-0.25, -0.2) is 8.42 Å². The van der Waals surface area contributed by atoms with E-state index >= 15 is 0 Å². The smallest absolute Gasteiger partial charge is 0.168 e. The lowest BCUT2D eigenvalue weighted by Crippen LogP contribution is -1.78. The van der Waals surface area contributed by atoms with E-state index in [1.165, 1.54) is 0 Å². The van der Waals surface area contributed by atoms with Crippen LogP contribution in [0.5, 0.6) is 0 Å². The number of thiol groups is 1. The zero-order chi connectivity index (χ0) is 8.55. The molecule has 0 spiro atoms. The fraction of sp³-hybridized carbons (Fsp3) is 0. The molecule has 0 fully saturated rings. The molecule has 0 radical (unpaired) electrons. The highest BCUT2D eigenvalue weighted by Gasteiger charge is 1.97. The van der Waals surface area contributed by atoms with Crippen LogP contribution in [0.4, 0.5) is 0 Å². The Labute approximate surface area is 71.0 Å². The highest BCUT2D eigenvalue weighted by molar-refractivity contribution is 7.72. The maximum Gasteiger partial charge on any atom is 0.168 e. The lowest BCUT2D eigenvalue weighted by molar-refractivity contribution is 0.614. The van der Waals surface area contributed by atoms with Crippen molar-refractivity contribution < 1.29 is 8.42 Å². The van der Waals surface area contributed by atoms with Crippen molar-refractivity contribution in [2.45, 2.75) is 4.90 Å². The molecule has 0 saturated carbocycles. The van der Waals surface area contributed by atoms with Crippen molar-refractivity contribution in [2.24, 2.45) is 0 Å². The van der Waals surface area contributed by atoms with E-state index in [0.29, 0.717) is 4.90 Å². The van der Waals surface area contributed by atoms with Gasteiger partial charge in [-0.1, -0.05) is 6.07 Å². The molecule has 4 heteroatoms. The van der Waals surface area contributed by atoms with Crippen molar-refractivity contribution in [1.29, 1.82) is 0 Å². The van der Waals surface area contributed by atoms with Crippen LogP contribution in [0.15, 0.2) is 35.4 Å². The summed E-state index contributed by atoms with van der Waals surface area (Å²) in [5.41, 5.74) is 0.853. The molecule has 12 heavy (non-hydrogen) atoms. The molecule has 1 aromatic carbocycles. The number of rotatable bonds is 1. The van der Waals surface area contributed by atoms with Crippen molar-refractivity contribution in [1.82, 2.24) is 4.98 Å². The molecule has 0 saturated heterocycles. The molecule has 0 unspecified atom stereocenters. The lowest BCUT2D eigenvalue weighted by atomic mass is 10.2. The number of fused-ring (bicyclic) bond motifs is 1. The van der Waals surface area contributed by atoms with Gasteiger partial charge in [-0.05, 0) is 23.6 Å². The summed E-state index contributed by atoms with van der Waals surface area (Å²) in [6.07, 6.45) is 1.78. The predicted octanol–water partition coefficient (Wildman–Crippen LogP) is 1.14. The van der Waals surface area contributed by atoms with E-state index in [-0.39, 0.29) is 0 Å². The summed E-state index contributed by atoms with van der Waals surface area (Å²) in [6.45, 7) is 0. The van der Waals surface area contributed by atoms with Crippen molar-refractivity contribution >= 4 is 21.6 Å². The highest BCUT2D eigenvalue weighted by atomic mass is 32.2. The molecule has 2 rings (SSSR count). The second-order valence-electron chi connectivity index (χ2n) is 2.51. The van der Waals surface area contributed by atoms with Gasteiger partial charge in [-0.2, -0.15) is 0 Å². The van der Waals surface area contributed by atoms with Gasteiger partial charge in [0.15, 0.2) is 10.7 Å². The van der Waals surface area contributed by atoms with Gasteiger partial charge in [0.1, 0.15) is 0 Å². The van der Waals surface area contributed by atoms with E-state index in [2.05, 4.69) is 4.98 Å². The average Bonchev–Trinajstić information content (AvgIpc) is 2.49. The quantitative estimate of drug-likeness (QED) is 0.648. The molecule has 1 aromatic heterocycles. The summed E-state index contributed by atoms with van der Waals surface area (Å²) in [5, 5.41) is 1.02. The minimum absolute atomic E-state index is 0.347. The van der Waals surface area contributed by atoms with E-state index in [1.54, 1.807) is 24.4 Å². The first-order valence-corrected chi connectivity index (χ1v) is 4.66. The fourth-order valence-electron chi connectivity index (χ4n) is 1.15. The van der Waals surface area contributed by atoms with E-state index in [1.807, 2.05) is 6.07 Å². The first-order valence-electron chi connectivity index (χ1n) is 3.49. The first kappa shape index (κ1) is 7.36. The molecule has 0 aliphatic rings. The molecule has 2 aromatic rings. The van der Waals surface area contributed by atoms with Crippen molar-refractivity contribution in [3.63, 3.8) is 0 Å². The van der Waals surface area contributed by atoms with E-state index in [4.69, 9.17) is 0 Å². The molecule has 0 aliphatic heterocycles. The third-order valence-corrected chi connectivity index (χ3v) is 2.45. The van der Waals surface area contributed by atoms with Crippen molar-refractivity contribution in [2.75, 3.05) is 0 Å². The Kier molecular flexibility index (Phi) is 1.62. The minimum atomic E-state index is -2.47. The maximum atomic E-state index is 10.6. The molecule has 3 nitrogen and oxygen atoms in total. The summed E-state index contributed by atoms with van der Waals surface area (Å²) in [5.74, 6) is 0. The summed E-state index contributed by atoms with van der Waals surface area (Å²) >= 11 is 0. The predicted molar refractivity (Wildman–Crippen MR) is 46.9 cm³/mol. The Morgan fingerprint density at radius 2 is 2.00 bits per heavy atom. The SMILES string of the molecule is O=[SH](=O)c1ccc2cc[nH]c2c1. The number of nitrogens with one attached hydrogen (secondary N) is 1. The van der Waals surface area contributed by atoms with E-state index in [0.717, 1.165) is 10.9 Å². The van der Waals surface area contributed by atoms with Crippen LogP contribution in [-0.4, -0.2) is 13.4 Å². The summed E-state index contributed by atoms with van der Waals surface area (Å²) in [4.78, 5) is 3.29. The molecule has 0 bridgehead atoms. The Bertz CT molecular complexity index is 477. The largest absolute Gasteiger partial charge is 0.361 e. The molecule has 0 aliphatic carbocycles. The fourth-order valence-corrected chi connectivity index (χ4v) is 1.58. The van der Waals surface area contributed by atoms with Gasteiger partial charge in [0.05, 0.1) is 4.90 Å². The normalized spacial score (nSPS) is 11.1. The van der Waals surface area contributed by atoms with Crippen LogP contribution in [0.1, 0.15) is 0 Å². The standard InChI is InChI=1S/C8H7NO2S/c10-12(11)7-2-1-6-3-4-9-8(6)5-7/h1-5,9,12H. The highest BCUT2D eigenvalue weighted by Crippen LogP contribution is 2.14. The van der Waals surface area contributed by atoms with Gasteiger partial charge in [0.25, 0.3) is 0 Å². The van der Waals surface area contributed by atoms with E-state index in [9.17, 15) is 8.42 Å². The number of hydrogen-bond donors (Lipinski definition) is 2. The van der Waals surface area contributed by atoms with Crippen molar-refractivity contribution in [3.05, 3.63) is 30.5 Å². The van der Waals surface area contributed by atoms with Gasteiger partial charge in [0, 0.05) is 11.7 Å². The molecule has 1 N–H and O–H groups in total. The molecule has 0 atom stereocenters. The molecule has 1 heterocycles. The minimum Gasteiger partial charge on any atom is -0.361 e. The number of benzene rings is 1. The molecule has 0 amide bonds. The van der Waals surface area contributed by atoms with Crippen LogP contribution < -0.4 is 0 Å². The van der Waals surface area contributed by atoms with Gasteiger partial charge in [-0.15, -0.1) is 0 Å². The van der Waals surface area contributed by atoms with Crippen LogP contribution in [0.3, 0.4) is 0 Å². The number of hydrogen-bond acceptors (Lipinski definition) is 2. The second kappa shape index (κ2) is 2.64. The number of aromatic nitrogens is 1. The van der Waals surface area contributed by atoms with Crippen molar-refractivity contribution in [3.8, 4) is 0 Å². The first-order chi connectivity index (χ1) is 5.77. The number of H-pyrrole nitrogens is 1. The second-order valence-corrected chi connectivity index (χ2v) is 3.54. The third-order valence-electron chi connectivity index (χ3n) is 1.75. The van der Waals surface area contributed by atoms with Crippen LogP contribution in [0.25, 0.3) is 10.9 Å².